The average Bonchev–Trinajstić information content (AvgIpc) is 3.00. The van der Waals surface area contributed by atoms with Crippen molar-refractivity contribution in [2.75, 3.05) is 6.61 Å². The van der Waals surface area contributed by atoms with Crippen molar-refractivity contribution >= 4 is 0 Å². The highest BCUT2D eigenvalue weighted by Crippen LogP contribution is 2.66. The molecule has 3 heteroatoms. The summed E-state index contributed by atoms with van der Waals surface area (Å²) < 4.78 is 19.1. The van der Waals surface area contributed by atoms with Crippen molar-refractivity contribution in [3.05, 3.63) is 23.8 Å². The lowest BCUT2D eigenvalue weighted by Gasteiger charge is -2.63. The molecule has 2 aliphatic heterocycles. The maximum atomic E-state index is 6.58. The van der Waals surface area contributed by atoms with Crippen LogP contribution >= 0.6 is 0 Å². The van der Waals surface area contributed by atoms with Crippen molar-refractivity contribution in [1.82, 2.24) is 0 Å². The SMILES string of the molecule is C=C[C@@H]1O[C@@H]2C3=C(C)CC[C@@](C)(CC4C5CO[C@@H]5CC[C@@]4(C)[C@@H]2O1)C3(C)C. The minimum absolute atomic E-state index is 0.0629. The van der Waals surface area contributed by atoms with Crippen LogP contribution in [0.4, 0.5) is 0 Å². The van der Waals surface area contributed by atoms with Crippen LogP contribution in [0.5, 0.6) is 0 Å². The summed E-state index contributed by atoms with van der Waals surface area (Å²) in [6, 6.07) is 0. The quantitative estimate of drug-likeness (QED) is 0.588. The zero-order valence-corrected chi connectivity index (χ0v) is 17.7. The van der Waals surface area contributed by atoms with E-state index < -0.39 is 0 Å². The highest BCUT2D eigenvalue weighted by Gasteiger charge is 2.64. The Labute approximate surface area is 164 Å². The van der Waals surface area contributed by atoms with Gasteiger partial charge < -0.3 is 14.2 Å². The Morgan fingerprint density at radius 3 is 2.56 bits per heavy atom. The van der Waals surface area contributed by atoms with E-state index in [1.165, 1.54) is 43.3 Å². The molecule has 0 N–H and O–H groups in total. The van der Waals surface area contributed by atoms with Gasteiger partial charge >= 0.3 is 0 Å². The van der Waals surface area contributed by atoms with Crippen LogP contribution in [0, 0.1) is 28.1 Å². The summed E-state index contributed by atoms with van der Waals surface area (Å²) in [6.07, 6.45) is 8.32. The molecule has 150 valence electrons. The van der Waals surface area contributed by atoms with Crippen molar-refractivity contribution in [2.45, 2.75) is 91.3 Å². The van der Waals surface area contributed by atoms with E-state index in [4.69, 9.17) is 14.2 Å². The van der Waals surface area contributed by atoms with E-state index in [2.05, 4.69) is 41.2 Å². The van der Waals surface area contributed by atoms with Crippen molar-refractivity contribution in [3.8, 4) is 0 Å². The fraction of sp³-hybridized carbons (Fsp3) is 0.833. The first-order valence-electron chi connectivity index (χ1n) is 11.0. The second-order valence-corrected chi connectivity index (χ2v) is 11.0. The Morgan fingerprint density at radius 1 is 1.11 bits per heavy atom. The molecule has 0 aromatic rings. The summed E-state index contributed by atoms with van der Waals surface area (Å²) in [5.41, 5.74) is 3.62. The number of hydrogen-bond acceptors (Lipinski definition) is 3. The maximum Gasteiger partial charge on any atom is 0.177 e. The van der Waals surface area contributed by atoms with Crippen LogP contribution in [0.25, 0.3) is 0 Å². The summed E-state index contributed by atoms with van der Waals surface area (Å²) in [4.78, 5) is 0. The fourth-order valence-corrected chi connectivity index (χ4v) is 7.39. The smallest absolute Gasteiger partial charge is 0.177 e. The summed E-state index contributed by atoms with van der Waals surface area (Å²) in [5, 5.41) is 0. The molecule has 3 aliphatic carbocycles. The van der Waals surface area contributed by atoms with Gasteiger partial charge in [0.25, 0.3) is 0 Å². The molecule has 0 spiro atoms. The predicted octanol–water partition coefficient (Wildman–Crippen LogP) is 5.26. The molecule has 2 heterocycles. The minimum Gasteiger partial charge on any atom is -0.377 e. The van der Waals surface area contributed by atoms with Crippen molar-refractivity contribution in [3.63, 3.8) is 0 Å². The zero-order valence-electron chi connectivity index (χ0n) is 17.7. The first-order valence-corrected chi connectivity index (χ1v) is 11.0. The van der Waals surface area contributed by atoms with Crippen molar-refractivity contribution in [2.24, 2.45) is 28.1 Å². The average molecular weight is 373 g/mol. The number of ether oxygens (including phenoxy) is 3. The molecule has 0 aromatic heterocycles. The van der Waals surface area contributed by atoms with Crippen LogP contribution in [-0.4, -0.2) is 31.2 Å². The molecule has 0 radical (unpaired) electrons. The van der Waals surface area contributed by atoms with Gasteiger partial charge in [0.2, 0.25) is 0 Å². The van der Waals surface area contributed by atoms with Crippen molar-refractivity contribution < 1.29 is 14.2 Å². The summed E-state index contributed by atoms with van der Waals surface area (Å²) >= 11 is 0. The number of allylic oxidation sites excluding steroid dienone is 1. The lowest BCUT2D eigenvalue weighted by Crippen LogP contribution is -2.63. The van der Waals surface area contributed by atoms with Gasteiger partial charge in [-0.15, -0.1) is 0 Å². The number of hydrogen-bond donors (Lipinski definition) is 0. The monoisotopic (exact) mass is 372 g/mol. The van der Waals surface area contributed by atoms with Gasteiger partial charge in [0.05, 0.1) is 18.8 Å². The van der Waals surface area contributed by atoms with E-state index in [0.29, 0.717) is 23.4 Å². The topological polar surface area (TPSA) is 27.7 Å². The number of rotatable bonds is 1. The molecule has 2 unspecified atom stereocenters. The van der Waals surface area contributed by atoms with Gasteiger partial charge in [-0.3, -0.25) is 0 Å². The molecule has 0 aromatic carbocycles. The largest absolute Gasteiger partial charge is 0.377 e. The van der Waals surface area contributed by atoms with Crippen LogP contribution in [0.3, 0.4) is 0 Å². The van der Waals surface area contributed by atoms with Crippen LogP contribution in [0.1, 0.15) is 66.7 Å². The van der Waals surface area contributed by atoms with Gasteiger partial charge in [0.1, 0.15) is 6.10 Å². The summed E-state index contributed by atoms with van der Waals surface area (Å²) in [6.45, 7) is 17.2. The minimum atomic E-state index is -0.282. The van der Waals surface area contributed by atoms with Gasteiger partial charge in [0.15, 0.2) is 6.29 Å². The third kappa shape index (κ3) is 2.25. The third-order valence-corrected chi connectivity index (χ3v) is 9.64. The summed E-state index contributed by atoms with van der Waals surface area (Å²) in [5.74, 6) is 1.34. The molecule has 27 heavy (non-hydrogen) atoms. The van der Waals surface area contributed by atoms with Crippen LogP contribution in [-0.2, 0) is 14.2 Å². The van der Waals surface area contributed by atoms with E-state index in [0.717, 1.165) is 6.61 Å². The Hall–Kier alpha value is -0.640. The highest BCUT2D eigenvalue weighted by molar-refractivity contribution is 5.34. The van der Waals surface area contributed by atoms with Gasteiger partial charge in [-0.1, -0.05) is 39.8 Å². The van der Waals surface area contributed by atoms with Gasteiger partial charge in [-0.25, -0.2) is 0 Å². The molecule has 2 saturated heterocycles. The Kier molecular flexibility index (Phi) is 3.89. The lowest BCUT2D eigenvalue weighted by molar-refractivity contribution is -0.224. The zero-order chi connectivity index (χ0) is 19.2. The van der Waals surface area contributed by atoms with E-state index in [1.54, 1.807) is 0 Å². The van der Waals surface area contributed by atoms with Crippen molar-refractivity contribution in [1.29, 1.82) is 0 Å². The second-order valence-electron chi connectivity index (χ2n) is 11.0. The van der Waals surface area contributed by atoms with E-state index >= 15 is 0 Å². The molecule has 4 fully saturated rings. The van der Waals surface area contributed by atoms with Crippen LogP contribution < -0.4 is 0 Å². The summed E-state index contributed by atoms with van der Waals surface area (Å²) in [7, 11) is 0. The van der Waals surface area contributed by atoms with E-state index in [9.17, 15) is 0 Å². The molecule has 2 saturated carbocycles. The van der Waals surface area contributed by atoms with Crippen LogP contribution in [0.2, 0.25) is 0 Å². The first kappa shape index (κ1) is 18.4. The Balaban J connectivity index is 1.69. The predicted molar refractivity (Wildman–Crippen MR) is 106 cm³/mol. The normalized spacial score (nSPS) is 53.4. The molecule has 5 aliphatic rings. The maximum absolute atomic E-state index is 6.58. The molecular formula is C24H36O3. The van der Waals surface area contributed by atoms with Gasteiger partial charge in [-0.05, 0) is 67.4 Å². The molecular weight excluding hydrogens is 336 g/mol. The third-order valence-electron chi connectivity index (χ3n) is 9.64. The number of fused-ring (bicyclic) bond motifs is 8. The van der Waals surface area contributed by atoms with Gasteiger partial charge in [0, 0.05) is 11.3 Å². The van der Waals surface area contributed by atoms with E-state index in [-0.39, 0.29) is 29.3 Å². The molecule has 3 nitrogen and oxygen atoms in total. The fourth-order valence-electron chi connectivity index (χ4n) is 7.39. The lowest BCUT2D eigenvalue weighted by atomic mass is 9.44. The van der Waals surface area contributed by atoms with Crippen LogP contribution in [0.15, 0.2) is 23.8 Å². The Morgan fingerprint density at radius 2 is 1.89 bits per heavy atom. The standard InChI is InChI=1S/C24H36O3/c1-7-18-26-20-19-14(2)8-10-23(5,22(19,3)4)12-16-15-13-25-17(15)9-11-24(16,6)21(20)27-18/h7,15-18,20-21H,1,8-13H2,2-6H3/t15?,16?,17-,18-,20-,21-,23+,24-/m1/s1. The molecule has 0 amide bonds. The molecule has 8 atom stereocenters. The Bertz CT molecular complexity index is 694. The van der Waals surface area contributed by atoms with Gasteiger partial charge in [-0.2, -0.15) is 0 Å². The highest BCUT2D eigenvalue weighted by atomic mass is 16.7. The van der Waals surface area contributed by atoms with E-state index in [1.807, 2.05) is 6.08 Å². The second kappa shape index (κ2) is 5.70. The first-order chi connectivity index (χ1) is 12.7. The molecule has 5 rings (SSSR count). The molecule has 2 bridgehead atoms.